The Morgan fingerprint density at radius 2 is 2.00 bits per heavy atom. The van der Waals surface area contributed by atoms with Gasteiger partial charge in [0.05, 0.1) is 36.1 Å². The van der Waals surface area contributed by atoms with Crippen LogP contribution in [0.1, 0.15) is 41.6 Å². The molecule has 0 saturated carbocycles. The van der Waals surface area contributed by atoms with E-state index in [0.29, 0.717) is 42.7 Å². The van der Waals surface area contributed by atoms with Gasteiger partial charge in [0.2, 0.25) is 5.91 Å². The molecule has 35 heavy (non-hydrogen) atoms. The van der Waals surface area contributed by atoms with E-state index >= 15 is 4.39 Å². The molecule has 1 atom stereocenters. The number of likely N-dealkylation sites (tertiary alicyclic amines) is 1. The normalized spacial score (nSPS) is 18.7. The summed E-state index contributed by atoms with van der Waals surface area (Å²) in [6.45, 7) is 2.91. The van der Waals surface area contributed by atoms with Crippen LogP contribution in [0.25, 0.3) is 11.0 Å². The summed E-state index contributed by atoms with van der Waals surface area (Å²) in [6.07, 6.45) is 1.85. The molecule has 9 nitrogen and oxygen atoms in total. The highest BCUT2D eigenvalue weighted by molar-refractivity contribution is 5.97. The monoisotopic (exact) mass is 479 g/mol. The van der Waals surface area contributed by atoms with Crippen LogP contribution in [0.3, 0.4) is 0 Å². The van der Waals surface area contributed by atoms with Crippen LogP contribution in [0, 0.1) is 5.82 Å². The van der Waals surface area contributed by atoms with E-state index in [1.54, 1.807) is 35.5 Å². The van der Waals surface area contributed by atoms with Crippen molar-refractivity contribution in [2.24, 2.45) is 0 Å². The van der Waals surface area contributed by atoms with Gasteiger partial charge in [0.1, 0.15) is 11.9 Å². The second kappa shape index (κ2) is 9.36. The average Bonchev–Trinajstić information content (AvgIpc) is 3.48. The van der Waals surface area contributed by atoms with Crippen molar-refractivity contribution in [3.63, 3.8) is 0 Å². The first kappa shape index (κ1) is 22.8. The fourth-order valence-electron chi connectivity index (χ4n) is 4.75. The lowest BCUT2D eigenvalue weighted by Crippen LogP contribution is -2.38. The quantitative estimate of drug-likeness (QED) is 0.585. The van der Waals surface area contributed by atoms with Crippen molar-refractivity contribution in [2.45, 2.75) is 31.8 Å². The molecule has 1 aromatic heterocycles. The van der Waals surface area contributed by atoms with Gasteiger partial charge in [-0.25, -0.2) is 14.2 Å². The molecule has 10 heteroatoms. The fourth-order valence-corrected chi connectivity index (χ4v) is 4.75. The van der Waals surface area contributed by atoms with E-state index in [-0.39, 0.29) is 36.6 Å². The number of carbonyl (C=O) groups is 3. The van der Waals surface area contributed by atoms with Crippen LogP contribution >= 0.6 is 0 Å². The molecule has 182 valence electrons. The molecule has 2 aliphatic heterocycles. The zero-order valence-electron chi connectivity index (χ0n) is 19.3. The van der Waals surface area contributed by atoms with E-state index in [0.717, 1.165) is 11.0 Å². The molecule has 3 heterocycles. The Labute approximate surface area is 201 Å². The predicted molar refractivity (Wildman–Crippen MR) is 127 cm³/mol. The first-order valence-corrected chi connectivity index (χ1v) is 11.6. The number of hydrogen-bond acceptors (Lipinski definition) is 5. The van der Waals surface area contributed by atoms with Gasteiger partial charge in [-0.1, -0.05) is 6.07 Å². The number of carbonyl (C=O) groups excluding carboxylic acids is 3. The second-order valence-corrected chi connectivity index (χ2v) is 8.96. The molecule has 2 N–H and O–H groups in total. The lowest BCUT2D eigenvalue weighted by atomic mass is 9.88. The third-order valence-electron chi connectivity index (χ3n) is 6.64. The van der Waals surface area contributed by atoms with Gasteiger partial charge in [-0.2, -0.15) is 0 Å². The number of anilines is 1. The van der Waals surface area contributed by atoms with Gasteiger partial charge in [-0.05, 0) is 54.7 Å². The number of imidazole rings is 1. The maximum Gasteiger partial charge on any atom is 0.414 e. The van der Waals surface area contributed by atoms with E-state index < -0.39 is 12.2 Å². The zero-order valence-corrected chi connectivity index (χ0v) is 19.3. The number of nitrogens with one attached hydrogen (secondary N) is 2. The highest BCUT2D eigenvalue weighted by atomic mass is 19.1. The highest BCUT2D eigenvalue weighted by Gasteiger charge is 2.33. The molecular formula is C25H26FN5O4. The number of rotatable bonds is 5. The molecule has 3 amide bonds. The van der Waals surface area contributed by atoms with Crippen LogP contribution in [0.5, 0.6) is 0 Å². The number of aromatic amines is 1. The maximum absolute atomic E-state index is 15.1. The molecule has 0 aliphatic carbocycles. The fraction of sp³-hybridized carbons (Fsp3) is 0.360. The number of ether oxygens (including phenoxy) is 1. The maximum atomic E-state index is 15.1. The number of halogens is 1. The summed E-state index contributed by atoms with van der Waals surface area (Å²) < 4.78 is 20.3. The van der Waals surface area contributed by atoms with Crippen molar-refractivity contribution in [1.29, 1.82) is 0 Å². The zero-order chi connectivity index (χ0) is 24.5. The van der Waals surface area contributed by atoms with Gasteiger partial charge < -0.3 is 19.9 Å². The van der Waals surface area contributed by atoms with Crippen molar-refractivity contribution < 1.29 is 23.5 Å². The number of piperidine rings is 1. The molecule has 0 bridgehead atoms. The molecule has 3 aromatic rings. The predicted octanol–water partition coefficient (Wildman–Crippen LogP) is 3.18. The van der Waals surface area contributed by atoms with E-state index in [4.69, 9.17) is 4.74 Å². The summed E-state index contributed by atoms with van der Waals surface area (Å²) in [7, 11) is 0. The molecule has 0 unspecified atom stereocenters. The average molecular weight is 480 g/mol. The third kappa shape index (κ3) is 4.68. The molecule has 2 aromatic carbocycles. The Balaban J connectivity index is 1.21. The minimum Gasteiger partial charge on any atom is -0.442 e. The first-order chi connectivity index (χ1) is 16.9. The molecule has 5 rings (SSSR count). The second-order valence-electron chi connectivity index (χ2n) is 8.96. The van der Waals surface area contributed by atoms with E-state index in [2.05, 4.69) is 15.3 Å². The number of fused-ring (bicyclic) bond motifs is 1. The number of amides is 3. The Bertz CT molecular complexity index is 1280. The molecule has 0 radical (unpaired) electrons. The summed E-state index contributed by atoms with van der Waals surface area (Å²) in [5, 5.41) is 2.62. The Hall–Kier alpha value is -3.95. The standard InChI is InChI=1S/C25H26FN5O4/c1-15(32)27-12-19-13-31(25(34)35-19)18-3-4-20(21(26)11-18)16-6-8-30(9-7-16)24(33)17-2-5-22-23(10-17)29-14-28-22/h2-5,10-11,14,16,19H,6-9,12-13H2,1H3,(H,27,32)(H,28,29)/t19-/m0/s1. The van der Waals surface area contributed by atoms with Crippen molar-refractivity contribution in [1.82, 2.24) is 20.2 Å². The lowest BCUT2D eigenvalue weighted by Gasteiger charge is -2.32. The number of hydrogen-bond donors (Lipinski definition) is 2. The van der Waals surface area contributed by atoms with E-state index in [1.807, 2.05) is 6.07 Å². The topological polar surface area (TPSA) is 108 Å². The highest BCUT2D eigenvalue weighted by Crippen LogP contribution is 2.33. The Morgan fingerprint density at radius 3 is 2.74 bits per heavy atom. The molecule has 2 aliphatic rings. The summed E-state index contributed by atoms with van der Waals surface area (Å²) >= 11 is 0. The number of cyclic esters (lactones) is 1. The van der Waals surface area contributed by atoms with Crippen LogP contribution in [0.4, 0.5) is 14.9 Å². The minimum atomic E-state index is -0.563. The number of nitrogens with zero attached hydrogens (tertiary/aromatic N) is 3. The Morgan fingerprint density at radius 1 is 1.20 bits per heavy atom. The molecular weight excluding hydrogens is 453 g/mol. The van der Waals surface area contributed by atoms with Gasteiger partial charge in [0, 0.05) is 25.6 Å². The molecule has 0 spiro atoms. The smallest absolute Gasteiger partial charge is 0.414 e. The van der Waals surface area contributed by atoms with Crippen molar-refractivity contribution in [3.05, 3.63) is 59.7 Å². The Kier molecular flexibility index (Phi) is 6.10. The SMILES string of the molecule is CC(=O)NC[C@H]1CN(c2ccc(C3CCN(C(=O)c4ccc5[nH]cnc5c4)CC3)c(F)c2)C(=O)O1. The van der Waals surface area contributed by atoms with Crippen molar-refractivity contribution in [2.75, 3.05) is 31.1 Å². The van der Waals surface area contributed by atoms with Crippen LogP contribution < -0.4 is 10.2 Å². The van der Waals surface area contributed by atoms with Crippen molar-refractivity contribution >= 4 is 34.6 Å². The lowest BCUT2D eigenvalue weighted by molar-refractivity contribution is -0.119. The third-order valence-corrected chi connectivity index (χ3v) is 6.64. The van der Waals surface area contributed by atoms with Crippen molar-refractivity contribution in [3.8, 4) is 0 Å². The number of H-pyrrole nitrogens is 1. The largest absolute Gasteiger partial charge is 0.442 e. The van der Waals surface area contributed by atoms with Gasteiger partial charge in [-0.15, -0.1) is 0 Å². The van der Waals surface area contributed by atoms with Crippen LogP contribution in [0.15, 0.2) is 42.7 Å². The first-order valence-electron chi connectivity index (χ1n) is 11.6. The minimum absolute atomic E-state index is 0.0139. The van der Waals surface area contributed by atoms with Gasteiger partial charge >= 0.3 is 6.09 Å². The summed E-state index contributed by atoms with van der Waals surface area (Å²) in [4.78, 5) is 46.7. The number of aromatic nitrogens is 2. The van der Waals surface area contributed by atoms with Gasteiger partial charge in [-0.3, -0.25) is 14.5 Å². The van der Waals surface area contributed by atoms with Crippen LogP contribution in [0.2, 0.25) is 0 Å². The summed E-state index contributed by atoms with van der Waals surface area (Å²) in [5.74, 6) is -0.652. The summed E-state index contributed by atoms with van der Waals surface area (Å²) in [6, 6.07) is 10.2. The van der Waals surface area contributed by atoms with E-state index in [1.165, 1.54) is 17.9 Å². The van der Waals surface area contributed by atoms with Crippen LogP contribution in [-0.4, -0.2) is 65.1 Å². The van der Waals surface area contributed by atoms with Crippen LogP contribution in [-0.2, 0) is 9.53 Å². The molecule has 2 fully saturated rings. The molecule has 2 saturated heterocycles. The van der Waals surface area contributed by atoms with E-state index in [9.17, 15) is 14.4 Å². The summed E-state index contributed by atoms with van der Waals surface area (Å²) in [5.41, 5.74) is 3.22. The van der Waals surface area contributed by atoms with Gasteiger partial charge in [0.15, 0.2) is 0 Å². The van der Waals surface area contributed by atoms with Gasteiger partial charge in [0.25, 0.3) is 5.91 Å². The number of benzene rings is 2.